The normalized spacial score (nSPS) is 14.2. The van der Waals surface area contributed by atoms with E-state index >= 15 is 0 Å². The van der Waals surface area contributed by atoms with E-state index in [0.29, 0.717) is 11.7 Å². The number of nitrogens with zero attached hydrogens (tertiary/aromatic N) is 3. The molecule has 0 radical (unpaired) electrons. The van der Waals surface area contributed by atoms with E-state index in [1.54, 1.807) is 14.2 Å². The largest absolute Gasteiger partial charge is 0.497 e. The Labute approximate surface area is 139 Å². The average molecular weight is 329 g/mol. The fourth-order valence-electron chi connectivity index (χ4n) is 2.80. The summed E-state index contributed by atoms with van der Waals surface area (Å²) in [6.07, 6.45) is 3.72. The zero-order valence-corrected chi connectivity index (χ0v) is 13.6. The van der Waals surface area contributed by atoms with Crippen LogP contribution in [0.25, 0.3) is 0 Å². The Balaban J connectivity index is 1.60. The van der Waals surface area contributed by atoms with Crippen molar-refractivity contribution in [2.45, 2.75) is 6.42 Å². The number of carbonyl (C=O) groups is 1. The van der Waals surface area contributed by atoms with Crippen LogP contribution in [0.2, 0.25) is 0 Å². The van der Waals surface area contributed by atoms with Crippen molar-refractivity contribution in [1.82, 2.24) is 9.97 Å². The van der Waals surface area contributed by atoms with E-state index in [1.807, 2.05) is 18.2 Å². The highest BCUT2D eigenvalue weighted by atomic mass is 16.5. The summed E-state index contributed by atoms with van der Waals surface area (Å²) < 4.78 is 10.6. The lowest BCUT2D eigenvalue weighted by Gasteiger charge is -2.40. The van der Waals surface area contributed by atoms with Crippen LogP contribution in [0.4, 0.5) is 5.82 Å². The number of aromatic carboxylic acids is 1. The van der Waals surface area contributed by atoms with Crippen LogP contribution < -0.4 is 14.4 Å². The summed E-state index contributed by atoms with van der Waals surface area (Å²) in [6, 6.07) is 5.90. The van der Waals surface area contributed by atoms with E-state index in [2.05, 4.69) is 14.9 Å². The summed E-state index contributed by atoms with van der Waals surface area (Å²) in [7, 11) is 3.28. The van der Waals surface area contributed by atoms with Gasteiger partial charge in [0.2, 0.25) is 0 Å². The molecule has 2 aromatic rings. The van der Waals surface area contributed by atoms with E-state index in [1.165, 1.54) is 18.0 Å². The number of anilines is 1. The lowest BCUT2D eigenvalue weighted by molar-refractivity contribution is 0.0690. The van der Waals surface area contributed by atoms with Crippen LogP contribution in [0, 0.1) is 5.92 Å². The van der Waals surface area contributed by atoms with E-state index < -0.39 is 5.97 Å². The molecule has 1 aliphatic rings. The van der Waals surface area contributed by atoms with Gasteiger partial charge in [-0.05, 0) is 30.0 Å². The molecule has 24 heavy (non-hydrogen) atoms. The monoisotopic (exact) mass is 329 g/mol. The molecular weight excluding hydrogens is 310 g/mol. The number of carboxylic acids is 1. The molecule has 0 aliphatic carbocycles. The van der Waals surface area contributed by atoms with E-state index in [4.69, 9.17) is 14.6 Å². The van der Waals surface area contributed by atoms with Gasteiger partial charge in [-0.1, -0.05) is 0 Å². The van der Waals surface area contributed by atoms with Crippen molar-refractivity contribution in [3.63, 3.8) is 0 Å². The lowest BCUT2D eigenvalue weighted by Crippen LogP contribution is -2.48. The van der Waals surface area contributed by atoms with Crippen LogP contribution in [-0.4, -0.2) is 48.4 Å². The first-order valence-corrected chi connectivity index (χ1v) is 7.61. The highest BCUT2D eigenvalue weighted by molar-refractivity contribution is 5.84. The van der Waals surface area contributed by atoms with E-state index in [0.717, 1.165) is 31.0 Å². The predicted molar refractivity (Wildman–Crippen MR) is 87.9 cm³/mol. The second-order valence-electron chi connectivity index (χ2n) is 5.76. The van der Waals surface area contributed by atoms with Gasteiger partial charge < -0.3 is 19.5 Å². The number of rotatable bonds is 6. The molecule has 1 aromatic heterocycles. The highest BCUT2D eigenvalue weighted by Gasteiger charge is 2.28. The molecule has 1 aromatic carbocycles. The molecule has 0 unspecified atom stereocenters. The molecule has 2 heterocycles. The second-order valence-corrected chi connectivity index (χ2v) is 5.76. The average Bonchev–Trinajstić information content (AvgIpc) is 2.57. The SMILES string of the molecule is COc1cc(CC2CN(c3cnc(C(=O)O)cn3)C2)cc(OC)c1. The smallest absolute Gasteiger partial charge is 0.356 e. The van der Waals surface area contributed by atoms with Crippen LogP contribution in [-0.2, 0) is 6.42 Å². The fourth-order valence-corrected chi connectivity index (χ4v) is 2.80. The summed E-state index contributed by atoms with van der Waals surface area (Å²) >= 11 is 0. The van der Waals surface area contributed by atoms with Gasteiger partial charge in [0.25, 0.3) is 0 Å². The summed E-state index contributed by atoms with van der Waals surface area (Å²) in [5.41, 5.74) is 1.13. The zero-order chi connectivity index (χ0) is 17.1. The first-order valence-electron chi connectivity index (χ1n) is 7.61. The molecule has 0 spiro atoms. The highest BCUT2D eigenvalue weighted by Crippen LogP contribution is 2.28. The molecule has 1 aliphatic heterocycles. The number of benzene rings is 1. The quantitative estimate of drug-likeness (QED) is 0.866. The second kappa shape index (κ2) is 6.74. The standard InChI is InChI=1S/C17H19N3O4/c1-23-13-4-11(5-14(6-13)24-2)3-12-9-20(10-12)16-8-18-15(7-19-16)17(21)22/h4-8,12H,3,9-10H2,1-2H3,(H,21,22). The molecule has 3 rings (SSSR count). The number of hydrogen-bond acceptors (Lipinski definition) is 6. The minimum atomic E-state index is -1.07. The molecule has 0 bridgehead atoms. The van der Waals surface area contributed by atoms with Crippen molar-refractivity contribution in [1.29, 1.82) is 0 Å². The Morgan fingerprint density at radius 3 is 2.33 bits per heavy atom. The van der Waals surface area contributed by atoms with Crippen LogP contribution in [0.3, 0.4) is 0 Å². The third-order valence-corrected chi connectivity index (χ3v) is 4.07. The Hall–Kier alpha value is -2.83. The van der Waals surface area contributed by atoms with E-state index in [9.17, 15) is 4.79 Å². The van der Waals surface area contributed by atoms with Crippen molar-refractivity contribution < 1.29 is 19.4 Å². The number of carboxylic acid groups (broad SMARTS) is 1. The summed E-state index contributed by atoms with van der Waals surface area (Å²) in [5.74, 6) is 1.72. The molecule has 1 saturated heterocycles. The molecule has 1 fully saturated rings. The predicted octanol–water partition coefficient (Wildman–Crippen LogP) is 1.87. The van der Waals surface area contributed by atoms with Gasteiger partial charge in [0.1, 0.15) is 17.3 Å². The van der Waals surface area contributed by atoms with Gasteiger partial charge in [-0.3, -0.25) is 0 Å². The van der Waals surface area contributed by atoms with Gasteiger partial charge in [-0.25, -0.2) is 14.8 Å². The van der Waals surface area contributed by atoms with Gasteiger partial charge in [0.15, 0.2) is 5.69 Å². The lowest BCUT2D eigenvalue weighted by atomic mass is 9.92. The molecular formula is C17H19N3O4. The third-order valence-electron chi connectivity index (χ3n) is 4.07. The van der Waals surface area contributed by atoms with Gasteiger partial charge in [-0.2, -0.15) is 0 Å². The van der Waals surface area contributed by atoms with Crippen LogP contribution >= 0.6 is 0 Å². The maximum atomic E-state index is 10.8. The first-order chi connectivity index (χ1) is 11.6. The first kappa shape index (κ1) is 16.0. The van der Waals surface area contributed by atoms with Gasteiger partial charge in [0, 0.05) is 19.2 Å². The minimum absolute atomic E-state index is 0.0423. The Morgan fingerprint density at radius 2 is 1.83 bits per heavy atom. The summed E-state index contributed by atoms with van der Waals surface area (Å²) in [5, 5.41) is 8.84. The molecule has 7 heteroatoms. The van der Waals surface area contributed by atoms with Crippen LogP contribution in [0.5, 0.6) is 11.5 Å². The topological polar surface area (TPSA) is 84.8 Å². The summed E-state index contributed by atoms with van der Waals surface area (Å²) in [4.78, 5) is 20.9. The van der Waals surface area contributed by atoms with Gasteiger partial charge in [-0.15, -0.1) is 0 Å². The number of methoxy groups -OCH3 is 2. The summed E-state index contributed by atoms with van der Waals surface area (Å²) in [6.45, 7) is 1.72. The van der Waals surface area contributed by atoms with Crippen LogP contribution in [0.15, 0.2) is 30.6 Å². The fraction of sp³-hybridized carbons (Fsp3) is 0.353. The van der Waals surface area contributed by atoms with Crippen LogP contribution in [0.1, 0.15) is 16.1 Å². The van der Waals surface area contributed by atoms with Crippen molar-refractivity contribution in [3.8, 4) is 11.5 Å². The maximum Gasteiger partial charge on any atom is 0.356 e. The third kappa shape index (κ3) is 3.40. The molecule has 1 N–H and O–H groups in total. The van der Waals surface area contributed by atoms with E-state index in [-0.39, 0.29) is 5.69 Å². The number of aromatic nitrogens is 2. The molecule has 0 amide bonds. The van der Waals surface area contributed by atoms with Crippen molar-refractivity contribution in [2.75, 3.05) is 32.2 Å². The minimum Gasteiger partial charge on any atom is -0.497 e. The van der Waals surface area contributed by atoms with Crippen molar-refractivity contribution in [3.05, 3.63) is 41.9 Å². The van der Waals surface area contributed by atoms with Crippen molar-refractivity contribution >= 4 is 11.8 Å². The van der Waals surface area contributed by atoms with Gasteiger partial charge >= 0.3 is 5.97 Å². The Kier molecular flexibility index (Phi) is 4.50. The molecule has 126 valence electrons. The Morgan fingerprint density at radius 1 is 1.17 bits per heavy atom. The number of ether oxygens (including phenoxy) is 2. The maximum absolute atomic E-state index is 10.8. The van der Waals surface area contributed by atoms with Crippen molar-refractivity contribution in [2.24, 2.45) is 5.92 Å². The van der Waals surface area contributed by atoms with Gasteiger partial charge in [0.05, 0.1) is 26.6 Å². The zero-order valence-electron chi connectivity index (χ0n) is 13.6. The molecule has 7 nitrogen and oxygen atoms in total. The molecule has 0 saturated carbocycles. The number of hydrogen-bond donors (Lipinski definition) is 1. The molecule has 0 atom stereocenters. The Bertz CT molecular complexity index is 705.